The van der Waals surface area contributed by atoms with Gasteiger partial charge in [-0.2, -0.15) is 0 Å². The number of rotatable bonds is 4. The Morgan fingerprint density at radius 3 is 2.43 bits per heavy atom. The van der Waals surface area contributed by atoms with E-state index in [4.69, 9.17) is 5.73 Å². The monoisotopic (exact) mass is 359 g/mol. The van der Waals surface area contributed by atoms with Crippen LogP contribution < -0.4 is 5.73 Å². The van der Waals surface area contributed by atoms with Crippen LogP contribution in [0.3, 0.4) is 0 Å². The van der Waals surface area contributed by atoms with Gasteiger partial charge in [-0.3, -0.25) is 0 Å². The summed E-state index contributed by atoms with van der Waals surface area (Å²) >= 11 is 3.29. The van der Waals surface area contributed by atoms with Crippen LogP contribution in [0.15, 0.2) is 40.9 Å². The van der Waals surface area contributed by atoms with Crippen molar-refractivity contribution in [2.45, 2.75) is 12.0 Å². The van der Waals surface area contributed by atoms with Crippen molar-refractivity contribution in [2.24, 2.45) is 5.73 Å². The molecule has 6 heteroatoms. The van der Waals surface area contributed by atoms with Crippen molar-refractivity contribution in [1.82, 2.24) is 0 Å². The topological polar surface area (TPSA) is 46.2 Å². The second kappa shape index (κ2) is 6.60. The zero-order chi connectivity index (χ0) is 15.6. The number of hydrogen-bond acceptors (Lipinski definition) is 2. The lowest BCUT2D eigenvalue weighted by Crippen LogP contribution is -2.21. The first-order chi connectivity index (χ1) is 9.95. The molecule has 0 aliphatic heterocycles. The molecule has 0 aromatic heterocycles. The molecule has 0 aliphatic rings. The summed E-state index contributed by atoms with van der Waals surface area (Å²) in [7, 11) is 0. The Bertz CT molecular complexity index is 651. The third-order valence-corrected chi connectivity index (χ3v) is 3.79. The van der Waals surface area contributed by atoms with Gasteiger partial charge in [-0.15, -0.1) is 0 Å². The minimum Gasteiger partial charge on any atom is -0.388 e. The minimum absolute atomic E-state index is 0.0239. The van der Waals surface area contributed by atoms with Crippen LogP contribution >= 0.6 is 15.9 Å². The summed E-state index contributed by atoms with van der Waals surface area (Å²) in [6, 6.07) is 8.81. The summed E-state index contributed by atoms with van der Waals surface area (Å²) in [6.45, 7) is 0.0239. The van der Waals surface area contributed by atoms with Crippen molar-refractivity contribution in [1.29, 1.82) is 0 Å². The summed E-state index contributed by atoms with van der Waals surface area (Å²) in [5.74, 6) is -4.93. The first kappa shape index (κ1) is 16.0. The van der Waals surface area contributed by atoms with E-state index in [0.717, 1.165) is 16.6 Å². The molecule has 0 spiro atoms. The van der Waals surface area contributed by atoms with Gasteiger partial charge in [-0.25, -0.2) is 13.2 Å². The van der Waals surface area contributed by atoms with Crippen LogP contribution in [0.25, 0.3) is 0 Å². The van der Waals surface area contributed by atoms with E-state index in [-0.39, 0.29) is 12.1 Å². The Morgan fingerprint density at radius 1 is 1.10 bits per heavy atom. The highest BCUT2D eigenvalue weighted by atomic mass is 79.9. The summed E-state index contributed by atoms with van der Waals surface area (Å²) in [5, 5.41) is 10.3. The maximum Gasteiger partial charge on any atom is 0.194 e. The van der Waals surface area contributed by atoms with Gasteiger partial charge in [-0.05, 0) is 23.8 Å². The number of halogens is 4. The van der Waals surface area contributed by atoms with Crippen molar-refractivity contribution < 1.29 is 18.3 Å². The molecule has 2 unspecified atom stereocenters. The highest BCUT2D eigenvalue weighted by Crippen LogP contribution is 2.33. The van der Waals surface area contributed by atoms with Crippen LogP contribution in [0.2, 0.25) is 0 Å². The highest BCUT2D eigenvalue weighted by molar-refractivity contribution is 9.10. The molecule has 112 valence electrons. The molecule has 2 atom stereocenters. The van der Waals surface area contributed by atoms with Gasteiger partial charge in [0.15, 0.2) is 17.5 Å². The summed E-state index contributed by atoms with van der Waals surface area (Å²) in [6.07, 6.45) is -1.38. The maximum absolute atomic E-state index is 13.8. The first-order valence-electron chi connectivity index (χ1n) is 6.22. The average molecular weight is 360 g/mol. The van der Waals surface area contributed by atoms with E-state index in [9.17, 15) is 18.3 Å². The van der Waals surface area contributed by atoms with Crippen LogP contribution in [0.1, 0.15) is 23.1 Å². The number of hydrogen-bond donors (Lipinski definition) is 2. The molecule has 0 saturated carbocycles. The van der Waals surface area contributed by atoms with Crippen LogP contribution in [0, 0.1) is 17.5 Å². The van der Waals surface area contributed by atoms with Gasteiger partial charge in [0.25, 0.3) is 0 Å². The SMILES string of the molecule is NCC(c1cccc(Br)c1)C(O)c1ccc(F)c(F)c1F. The molecular formula is C15H13BrF3NO. The van der Waals surface area contributed by atoms with Crippen molar-refractivity contribution in [3.8, 4) is 0 Å². The van der Waals surface area contributed by atoms with E-state index in [2.05, 4.69) is 15.9 Å². The average Bonchev–Trinajstić information content (AvgIpc) is 2.45. The van der Waals surface area contributed by atoms with Crippen LogP contribution in [-0.4, -0.2) is 11.7 Å². The fourth-order valence-corrected chi connectivity index (χ4v) is 2.59. The van der Waals surface area contributed by atoms with E-state index in [1.807, 2.05) is 0 Å². The molecule has 0 fully saturated rings. The smallest absolute Gasteiger partial charge is 0.194 e. The Hall–Kier alpha value is -1.37. The molecule has 2 nitrogen and oxygen atoms in total. The molecule has 0 heterocycles. The molecule has 2 rings (SSSR count). The molecule has 0 amide bonds. The zero-order valence-corrected chi connectivity index (χ0v) is 12.4. The summed E-state index contributed by atoms with van der Waals surface area (Å²) in [4.78, 5) is 0. The summed E-state index contributed by atoms with van der Waals surface area (Å²) in [5.41, 5.74) is 6.00. The number of benzene rings is 2. The molecule has 0 bridgehead atoms. The lowest BCUT2D eigenvalue weighted by atomic mass is 9.89. The van der Waals surface area contributed by atoms with Gasteiger partial charge in [-0.1, -0.05) is 34.1 Å². The standard InChI is InChI=1S/C15H13BrF3NO/c16-9-3-1-2-8(6-9)11(7-20)15(21)10-4-5-12(17)14(19)13(10)18/h1-6,11,15,21H,7,20H2. The lowest BCUT2D eigenvalue weighted by molar-refractivity contribution is 0.141. The molecular weight excluding hydrogens is 347 g/mol. The lowest BCUT2D eigenvalue weighted by Gasteiger charge is -2.23. The largest absolute Gasteiger partial charge is 0.388 e. The van der Waals surface area contributed by atoms with Crippen LogP contribution in [0.5, 0.6) is 0 Å². The van der Waals surface area contributed by atoms with Crippen molar-refractivity contribution in [2.75, 3.05) is 6.54 Å². The third-order valence-electron chi connectivity index (χ3n) is 3.30. The van der Waals surface area contributed by atoms with E-state index in [1.54, 1.807) is 24.3 Å². The molecule has 21 heavy (non-hydrogen) atoms. The molecule has 0 radical (unpaired) electrons. The van der Waals surface area contributed by atoms with Crippen LogP contribution in [0.4, 0.5) is 13.2 Å². The van der Waals surface area contributed by atoms with Crippen molar-refractivity contribution >= 4 is 15.9 Å². The van der Waals surface area contributed by atoms with E-state index >= 15 is 0 Å². The van der Waals surface area contributed by atoms with E-state index in [0.29, 0.717) is 5.56 Å². The zero-order valence-electron chi connectivity index (χ0n) is 10.9. The second-order valence-corrected chi connectivity index (χ2v) is 5.52. The van der Waals surface area contributed by atoms with Crippen molar-refractivity contribution in [3.63, 3.8) is 0 Å². The maximum atomic E-state index is 13.8. The summed E-state index contributed by atoms with van der Waals surface area (Å²) < 4.78 is 40.8. The van der Waals surface area contributed by atoms with Gasteiger partial charge < -0.3 is 10.8 Å². The quantitative estimate of drug-likeness (QED) is 0.818. The fraction of sp³-hybridized carbons (Fsp3) is 0.200. The third kappa shape index (κ3) is 3.28. The Labute approximate surface area is 128 Å². The normalized spacial score (nSPS) is 14.0. The number of aliphatic hydroxyl groups excluding tert-OH is 1. The Kier molecular flexibility index (Phi) is 5.03. The molecule has 0 aliphatic carbocycles. The minimum atomic E-state index is -1.60. The predicted molar refractivity (Wildman–Crippen MR) is 77.2 cm³/mol. The number of aliphatic hydroxyl groups is 1. The van der Waals surface area contributed by atoms with Gasteiger partial charge >= 0.3 is 0 Å². The molecule has 3 N–H and O–H groups in total. The molecule has 0 saturated heterocycles. The molecule has 2 aromatic rings. The van der Waals surface area contributed by atoms with Gasteiger partial charge in [0.2, 0.25) is 0 Å². The van der Waals surface area contributed by atoms with E-state index < -0.39 is 29.5 Å². The van der Waals surface area contributed by atoms with Gasteiger partial charge in [0.05, 0.1) is 6.10 Å². The van der Waals surface area contributed by atoms with Crippen LogP contribution in [-0.2, 0) is 0 Å². The first-order valence-corrected chi connectivity index (χ1v) is 7.02. The predicted octanol–water partition coefficient (Wildman–Crippen LogP) is 3.64. The second-order valence-electron chi connectivity index (χ2n) is 4.61. The van der Waals surface area contributed by atoms with Gasteiger partial charge in [0.1, 0.15) is 0 Å². The Morgan fingerprint density at radius 2 is 1.81 bits per heavy atom. The Balaban J connectivity index is 2.41. The highest BCUT2D eigenvalue weighted by Gasteiger charge is 2.26. The molecule has 2 aromatic carbocycles. The van der Waals surface area contributed by atoms with Gasteiger partial charge in [0, 0.05) is 22.5 Å². The number of nitrogens with two attached hydrogens (primary N) is 1. The van der Waals surface area contributed by atoms with Crippen molar-refractivity contribution in [3.05, 3.63) is 69.4 Å². The van der Waals surface area contributed by atoms with E-state index in [1.165, 1.54) is 0 Å². The fourth-order valence-electron chi connectivity index (χ4n) is 2.17.